The maximum Gasteiger partial charge on any atom is 0.258 e. The molecule has 11 heteroatoms. The molecule has 0 saturated heterocycles. The Morgan fingerprint density at radius 2 is 2.11 bits per heavy atom. The van der Waals surface area contributed by atoms with Gasteiger partial charge in [0, 0.05) is 30.5 Å². The van der Waals surface area contributed by atoms with Gasteiger partial charge in [-0.05, 0) is 42.7 Å². The molecule has 0 unspecified atom stereocenters. The van der Waals surface area contributed by atoms with Gasteiger partial charge in [0.25, 0.3) is 5.91 Å². The van der Waals surface area contributed by atoms with E-state index in [0.29, 0.717) is 41.6 Å². The lowest BCUT2D eigenvalue weighted by atomic mass is 9.89. The molecule has 1 amide bonds. The predicted octanol–water partition coefficient (Wildman–Crippen LogP) is 2.63. The molecule has 1 aliphatic rings. The molecule has 4 aromatic rings. The monoisotopic (exact) mass is 496 g/mol. The highest BCUT2D eigenvalue weighted by Crippen LogP contribution is 2.32. The second-order valence-electron chi connectivity index (χ2n) is 8.57. The highest BCUT2D eigenvalue weighted by atomic mass is 35.5. The third-order valence-corrected chi connectivity index (χ3v) is 6.55. The Labute approximate surface area is 206 Å². The molecular formula is C24H25ClN6O4. The van der Waals surface area contributed by atoms with Gasteiger partial charge in [0.1, 0.15) is 5.82 Å². The van der Waals surface area contributed by atoms with Crippen LogP contribution >= 0.6 is 11.6 Å². The van der Waals surface area contributed by atoms with Crippen LogP contribution in [0.1, 0.15) is 24.2 Å². The van der Waals surface area contributed by atoms with Crippen LogP contribution in [-0.4, -0.2) is 61.8 Å². The number of rotatable bonds is 8. The van der Waals surface area contributed by atoms with Gasteiger partial charge in [0.15, 0.2) is 23.9 Å². The van der Waals surface area contributed by atoms with E-state index in [1.165, 1.54) is 7.11 Å². The summed E-state index contributed by atoms with van der Waals surface area (Å²) in [7, 11) is 3.37. The van der Waals surface area contributed by atoms with Crippen molar-refractivity contribution in [3.63, 3.8) is 0 Å². The Morgan fingerprint density at radius 3 is 2.89 bits per heavy atom. The minimum absolute atomic E-state index is 0.00581. The van der Waals surface area contributed by atoms with E-state index in [0.717, 1.165) is 27.9 Å². The number of nitrogens with zero attached hydrogens (tertiary/aromatic N) is 4. The smallest absolute Gasteiger partial charge is 0.258 e. The Bertz CT molecular complexity index is 1380. The molecule has 10 nitrogen and oxygen atoms in total. The molecule has 1 aliphatic carbocycles. The van der Waals surface area contributed by atoms with Crippen molar-refractivity contribution in [2.75, 3.05) is 13.7 Å². The molecule has 5 rings (SSSR count). The number of aliphatic hydroxyl groups is 1. The van der Waals surface area contributed by atoms with Crippen LogP contribution in [0.25, 0.3) is 22.3 Å². The summed E-state index contributed by atoms with van der Waals surface area (Å²) >= 11 is 6.58. The lowest BCUT2D eigenvalue weighted by Crippen LogP contribution is -2.48. The van der Waals surface area contributed by atoms with E-state index in [1.807, 2.05) is 25.2 Å². The predicted molar refractivity (Wildman–Crippen MR) is 130 cm³/mol. The van der Waals surface area contributed by atoms with E-state index in [-0.39, 0.29) is 24.7 Å². The van der Waals surface area contributed by atoms with Crippen LogP contribution in [0.4, 0.5) is 0 Å². The van der Waals surface area contributed by atoms with Crippen molar-refractivity contribution in [2.45, 2.75) is 31.4 Å². The number of aromatic amines is 1. The molecule has 0 spiro atoms. The first kappa shape index (κ1) is 23.1. The fourth-order valence-electron chi connectivity index (χ4n) is 4.07. The third kappa shape index (κ3) is 4.80. The first-order chi connectivity index (χ1) is 16.9. The molecule has 2 aromatic carbocycles. The minimum Gasteiger partial charge on any atom is -0.493 e. The number of amides is 1. The number of methoxy groups -OCH3 is 1. The zero-order chi connectivity index (χ0) is 24.5. The number of carbonyl (C=O) groups excluding carboxylic acids is 1. The van der Waals surface area contributed by atoms with E-state index in [2.05, 4.69) is 20.6 Å². The maximum absolute atomic E-state index is 12.1. The number of benzene rings is 2. The number of halogens is 1. The average molecular weight is 497 g/mol. The Balaban J connectivity index is 1.29. The van der Waals surface area contributed by atoms with Crippen molar-refractivity contribution in [3.8, 4) is 22.9 Å². The van der Waals surface area contributed by atoms with Crippen molar-refractivity contribution >= 4 is 28.4 Å². The molecule has 3 N–H and O–H groups in total. The highest BCUT2D eigenvalue weighted by Gasteiger charge is 2.28. The zero-order valence-corrected chi connectivity index (χ0v) is 20.0. The third-order valence-electron chi connectivity index (χ3n) is 6.10. The SMILES string of the molecule is COc1cc(-c2nc(Cc3ccc4[nH]ncc4c3Cl)n(C)n2)ccc1OCC(=O)NC1CC(O)C1. The van der Waals surface area contributed by atoms with E-state index in [1.54, 1.807) is 23.0 Å². The van der Waals surface area contributed by atoms with Crippen molar-refractivity contribution in [1.82, 2.24) is 30.3 Å². The average Bonchev–Trinajstić information content (AvgIpc) is 3.45. The molecule has 182 valence electrons. The van der Waals surface area contributed by atoms with Crippen LogP contribution in [0.15, 0.2) is 36.5 Å². The first-order valence-corrected chi connectivity index (χ1v) is 11.6. The van der Waals surface area contributed by atoms with Gasteiger partial charge in [-0.25, -0.2) is 4.98 Å². The Hall–Kier alpha value is -3.63. The Kier molecular flexibility index (Phi) is 6.31. The van der Waals surface area contributed by atoms with Gasteiger partial charge in [-0.15, -0.1) is 0 Å². The highest BCUT2D eigenvalue weighted by molar-refractivity contribution is 6.36. The number of nitrogens with one attached hydrogen (secondary N) is 2. The van der Waals surface area contributed by atoms with Crippen molar-refractivity contribution < 1.29 is 19.4 Å². The molecule has 1 saturated carbocycles. The summed E-state index contributed by atoms with van der Waals surface area (Å²) < 4.78 is 12.9. The van der Waals surface area contributed by atoms with E-state index >= 15 is 0 Å². The summed E-state index contributed by atoms with van der Waals surface area (Å²) in [5.41, 5.74) is 2.56. The molecule has 0 bridgehead atoms. The normalized spacial score (nSPS) is 17.3. The quantitative estimate of drug-likeness (QED) is 0.342. The number of ether oxygens (including phenoxy) is 2. The van der Waals surface area contributed by atoms with E-state index < -0.39 is 0 Å². The fourth-order valence-corrected chi connectivity index (χ4v) is 4.35. The second-order valence-corrected chi connectivity index (χ2v) is 8.94. The van der Waals surface area contributed by atoms with Gasteiger partial charge < -0.3 is 19.9 Å². The van der Waals surface area contributed by atoms with Crippen LogP contribution in [0.2, 0.25) is 5.02 Å². The van der Waals surface area contributed by atoms with E-state index in [4.69, 9.17) is 26.1 Å². The number of fused-ring (bicyclic) bond motifs is 1. The van der Waals surface area contributed by atoms with Gasteiger partial charge in [0.05, 0.1) is 29.9 Å². The summed E-state index contributed by atoms with van der Waals surface area (Å²) in [4.78, 5) is 16.8. The standard InChI is InChI=1S/C24H25ClN6O4/c1-31-21(8-13-3-5-18-17(23(13)25)11-26-29-18)28-24(30-31)14-4-6-19(20(7-14)34-2)35-12-22(33)27-15-9-16(32)10-15/h3-7,11,15-16,32H,8-10,12H2,1-2H3,(H,26,29)(H,27,33). The summed E-state index contributed by atoms with van der Waals surface area (Å²) in [5.74, 6) is 1.96. The molecule has 2 heterocycles. The lowest BCUT2D eigenvalue weighted by molar-refractivity contribution is -0.125. The summed E-state index contributed by atoms with van der Waals surface area (Å²) in [6, 6.07) is 9.23. The molecule has 0 radical (unpaired) electrons. The number of aromatic nitrogens is 5. The van der Waals surface area contributed by atoms with Crippen molar-refractivity contribution in [3.05, 3.63) is 52.9 Å². The van der Waals surface area contributed by atoms with Crippen molar-refractivity contribution in [2.24, 2.45) is 7.05 Å². The number of aryl methyl sites for hydroxylation is 1. The van der Waals surface area contributed by atoms with Gasteiger partial charge >= 0.3 is 0 Å². The number of aliphatic hydroxyl groups excluding tert-OH is 1. The van der Waals surface area contributed by atoms with Gasteiger partial charge in [-0.1, -0.05) is 17.7 Å². The van der Waals surface area contributed by atoms with Crippen LogP contribution < -0.4 is 14.8 Å². The number of H-pyrrole nitrogens is 1. The largest absolute Gasteiger partial charge is 0.493 e. The van der Waals surface area contributed by atoms with Gasteiger partial charge in [0.2, 0.25) is 0 Å². The first-order valence-electron chi connectivity index (χ1n) is 11.2. The van der Waals surface area contributed by atoms with E-state index in [9.17, 15) is 9.90 Å². The maximum atomic E-state index is 12.1. The Morgan fingerprint density at radius 1 is 1.29 bits per heavy atom. The minimum atomic E-state index is -0.327. The second kappa shape index (κ2) is 9.55. The summed E-state index contributed by atoms with van der Waals surface area (Å²) in [6.07, 6.45) is 3.04. The zero-order valence-electron chi connectivity index (χ0n) is 19.3. The summed E-state index contributed by atoms with van der Waals surface area (Å²) in [5, 5.41) is 25.2. The number of carbonyl (C=O) groups is 1. The van der Waals surface area contributed by atoms with Crippen LogP contribution in [0.3, 0.4) is 0 Å². The van der Waals surface area contributed by atoms with Crippen LogP contribution in [0.5, 0.6) is 11.5 Å². The molecule has 35 heavy (non-hydrogen) atoms. The molecular weight excluding hydrogens is 472 g/mol. The molecule has 2 aromatic heterocycles. The molecule has 0 aliphatic heterocycles. The van der Waals surface area contributed by atoms with Crippen LogP contribution in [-0.2, 0) is 18.3 Å². The van der Waals surface area contributed by atoms with Crippen molar-refractivity contribution in [1.29, 1.82) is 0 Å². The van der Waals surface area contributed by atoms with Gasteiger partial charge in [-0.2, -0.15) is 10.2 Å². The molecule has 1 fully saturated rings. The topological polar surface area (TPSA) is 127 Å². The number of hydrogen-bond acceptors (Lipinski definition) is 7. The van der Waals surface area contributed by atoms with Gasteiger partial charge in [-0.3, -0.25) is 14.6 Å². The fraction of sp³-hybridized carbons (Fsp3) is 0.333. The summed E-state index contributed by atoms with van der Waals surface area (Å²) in [6.45, 7) is -0.143. The number of hydrogen-bond donors (Lipinski definition) is 3. The lowest BCUT2D eigenvalue weighted by Gasteiger charge is -2.31. The van der Waals surface area contributed by atoms with Crippen LogP contribution in [0, 0.1) is 0 Å². The molecule has 0 atom stereocenters.